The van der Waals surface area contributed by atoms with Gasteiger partial charge in [-0.3, -0.25) is 10.1 Å². The van der Waals surface area contributed by atoms with E-state index >= 15 is 0 Å². The highest BCUT2D eigenvalue weighted by molar-refractivity contribution is 9.10. The summed E-state index contributed by atoms with van der Waals surface area (Å²) >= 11 is 6.15. The first-order valence-corrected chi connectivity index (χ1v) is 14.1. The van der Waals surface area contributed by atoms with Crippen LogP contribution in [-0.2, 0) is 10.5 Å². The van der Waals surface area contributed by atoms with Crippen LogP contribution in [0.5, 0.6) is 11.5 Å². The number of aryl methyl sites for hydroxylation is 1. The molecule has 39 heavy (non-hydrogen) atoms. The van der Waals surface area contributed by atoms with E-state index in [2.05, 4.69) is 36.4 Å². The Morgan fingerprint density at radius 1 is 1.31 bits per heavy atom. The highest BCUT2D eigenvalue weighted by Gasteiger charge is 2.25. The third kappa shape index (κ3) is 6.49. The molecule has 1 atom stereocenters. The number of anilines is 1. The van der Waals surface area contributed by atoms with Crippen LogP contribution in [0.25, 0.3) is 11.3 Å². The number of phenolic OH excluding ortho intramolecular Hbond substituents is 1. The quantitative estimate of drug-likeness (QED) is 0.116. The van der Waals surface area contributed by atoms with E-state index < -0.39 is 16.9 Å². The van der Waals surface area contributed by atoms with Gasteiger partial charge in [0.1, 0.15) is 17.5 Å². The summed E-state index contributed by atoms with van der Waals surface area (Å²) in [6.45, 7) is 1.71. The number of halogens is 1. The average molecular weight is 637 g/mol. The number of carbonyl (C=O) groups is 1. The van der Waals surface area contributed by atoms with Gasteiger partial charge in [-0.25, -0.2) is 9.78 Å². The van der Waals surface area contributed by atoms with E-state index in [0.29, 0.717) is 44.1 Å². The third-order valence-corrected chi connectivity index (χ3v) is 8.09. The first-order valence-electron chi connectivity index (χ1n) is 11.2. The molecule has 4 aromatic rings. The average Bonchev–Trinajstić information content (AvgIpc) is 3.58. The largest absolute Gasteiger partial charge is 0.507 e. The maximum atomic E-state index is 12.5. The zero-order chi connectivity index (χ0) is 28.1. The Kier molecular flexibility index (Phi) is 9.04. The number of benzene rings is 2. The first kappa shape index (κ1) is 28.3. The van der Waals surface area contributed by atoms with Crippen LogP contribution in [0.4, 0.5) is 10.8 Å². The number of thioether (sulfide) groups is 1. The Hall–Kier alpha value is -3.69. The fourth-order valence-corrected chi connectivity index (χ4v) is 6.08. The van der Waals surface area contributed by atoms with Crippen molar-refractivity contribution < 1.29 is 28.8 Å². The molecule has 2 aromatic carbocycles. The summed E-state index contributed by atoms with van der Waals surface area (Å²) in [5.74, 6) is 1.07. The molecule has 0 aliphatic carbocycles. The molecule has 2 N–H and O–H groups in total. The SMILES string of the molecule is COC(=O)c1c(Br)c(OC)cc(O)c1CSCC(Nc1nc(-c2ccc([N+](=O)[O-])cc2)cs1)c1nc(C)no1. The van der Waals surface area contributed by atoms with E-state index in [1.807, 2.05) is 5.38 Å². The number of non-ortho nitro benzene ring substituents is 1. The maximum Gasteiger partial charge on any atom is 0.339 e. The van der Waals surface area contributed by atoms with Gasteiger partial charge >= 0.3 is 5.97 Å². The van der Waals surface area contributed by atoms with Crippen LogP contribution >= 0.6 is 39.0 Å². The normalized spacial score (nSPS) is 11.7. The summed E-state index contributed by atoms with van der Waals surface area (Å²) in [6, 6.07) is 7.13. The molecule has 1 unspecified atom stereocenters. The van der Waals surface area contributed by atoms with E-state index in [4.69, 9.17) is 14.0 Å². The fourth-order valence-electron chi connectivity index (χ4n) is 3.55. The highest BCUT2D eigenvalue weighted by Crippen LogP contribution is 2.40. The predicted molar refractivity (Wildman–Crippen MR) is 149 cm³/mol. The molecule has 15 heteroatoms. The van der Waals surface area contributed by atoms with Gasteiger partial charge in [0, 0.05) is 46.2 Å². The number of methoxy groups -OCH3 is 2. The summed E-state index contributed by atoms with van der Waals surface area (Å²) in [4.78, 5) is 31.9. The second-order valence-electron chi connectivity index (χ2n) is 7.99. The van der Waals surface area contributed by atoms with Crippen LogP contribution in [0.3, 0.4) is 0 Å². The Labute approximate surface area is 239 Å². The lowest BCUT2D eigenvalue weighted by molar-refractivity contribution is -0.384. The van der Waals surface area contributed by atoms with Crippen LogP contribution < -0.4 is 10.1 Å². The van der Waals surface area contributed by atoms with Crippen molar-refractivity contribution in [2.75, 3.05) is 25.3 Å². The van der Waals surface area contributed by atoms with Gasteiger partial charge in [-0.2, -0.15) is 16.7 Å². The molecule has 0 fully saturated rings. The Morgan fingerprint density at radius 3 is 2.67 bits per heavy atom. The standard InChI is InChI=1S/C24H22BrN5O7S2/c1-12-26-22(37-29-12)17(28-24-27-16(11-39-24)13-4-6-14(7-5-13)30(33)34)10-38-9-15-18(31)8-19(35-2)21(25)20(15)23(32)36-3/h4-8,11,17,31H,9-10H2,1-3H3,(H,27,28). The highest BCUT2D eigenvalue weighted by atomic mass is 79.9. The van der Waals surface area contributed by atoms with Crippen molar-refractivity contribution in [2.45, 2.75) is 18.7 Å². The first-order chi connectivity index (χ1) is 18.7. The number of rotatable bonds is 11. The number of hydrogen-bond donors (Lipinski definition) is 2. The fraction of sp³-hybridized carbons (Fsp3) is 0.250. The van der Waals surface area contributed by atoms with Gasteiger partial charge < -0.3 is 24.4 Å². The number of phenols is 1. The molecule has 204 valence electrons. The summed E-state index contributed by atoms with van der Waals surface area (Å²) in [6.07, 6.45) is 0. The Balaban J connectivity index is 1.53. The van der Waals surface area contributed by atoms with Gasteiger partial charge in [0.15, 0.2) is 11.0 Å². The van der Waals surface area contributed by atoms with Crippen molar-refractivity contribution in [2.24, 2.45) is 0 Å². The second kappa shape index (κ2) is 12.4. The van der Waals surface area contributed by atoms with Crippen LogP contribution in [0.15, 0.2) is 44.7 Å². The molecule has 0 saturated carbocycles. The van der Waals surface area contributed by atoms with E-state index in [1.165, 1.54) is 55.5 Å². The molecule has 2 heterocycles. The summed E-state index contributed by atoms with van der Waals surface area (Å²) < 4.78 is 16.0. The smallest absolute Gasteiger partial charge is 0.339 e. The van der Waals surface area contributed by atoms with Crippen molar-refractivity contribution in [3.05, 3.63) is 73.1 Å². The maximum absolute atomic E-state index is 12.5. The van der Waals surface area contributed by atoms with Crippen molar-refractivity contribution in [1.29, 1.82) is 0 Å². The number of ether oxygens (including phenoxy) is 2. The number of thiazole rings is 1. The molecule has 0 aliphatic rings. The van der Waals surface area contributed by atoms with Crippen molar-refractivity contribution >= 4 is 55.8 Å². The van der Waals surface area contributed by atoms with E-state index in [-0.39, 0.29) is 22.8 Å². The molecule has 0 spiro atoms. The topological polar surface area (TPSA) is 163 Å². The number of nitro benzene ring substituents is 1. The van der Waals surface area contributed by atoms with E-state index in [0.717, 1.165) is 5.56 Å². The van der Waals surface area contributed by atoms with Crippen molar-refractivity contribution in [1.82, 2.24) is 15.1 Å². The van der Waals surface area contributed by atoms with Crippen LogP contribution in [0.1, 0.15) is 33.7 Å². The second-order valence-corrected chi connectivity index (χ2v) is 10.7. The molecule has 0 bridgehead atoms. The number of esters is 1. The predicted octanol–water partition coefficient (Wildman–Crippen LogP) is 5.76. The summed E-state index contributed by atoms with van der Waals surface area (Å²) in [5, 5.41) is 31.2. The van der Waals surface area contributed by atoms with Crippen LogP contribution in [-0.4, -0.2) is 51.1 Å². The number of nitrogens with zero attached hydrogens (tertiary/aromatic N) is 4. The molecular weight excluding hydrogens is 614 g/mol. The van der Waals surface area contributed by atoms with Crippen LogP contribution in [0, 0.1) is 17.0 Å². The van der Waals surface area contributed by atoms with Gasteiger partial charge in [-0.05, 0) is 35.0 Å². The van der Waals surface area contributed by atoms with Gasteiger partial charge in [-0.15, -0.1) is 11.3 Å². The number of aromatic hydroxyl groups is 1. The number of nitro groups is 1. The molecule has 0 radical (unpaired) electrons. The minimum Gasteiger partial charge on any atom is -0.507 e. The zero-order valence-corrected chi connectivity index (χ0v) is 24.1. The monoisotopic (exact) mass is 635 g/mol. The lowest BCUT2D eigenvalue weighted by atomic mass is 10.1. The van der Waals surface area contributed by atoms with E-state index in [1.54, 1.807) is 19.1 Å². The summed E-state index contributed by atoms with van der Waals surface area (Å²) in [5.41, 5.74) is 1.95. The van der Waals surface area contributed by atoms with Crippen LogP contribution in [0.2, 0.25) is 0 Å². The van der Waals surface area contributed by atoms with Gasteiger partial charge in [0.25, 0.3) is 5.69 Å². The van der Waals surface area contributed by atoms with Gasteiger partial charge in [0.05, 0.1) is 34.9 Å². The number of nitrogens with one attached hydrogen (secondary N) is 1. The third-order valence-electron chi connectivity index (χ3n) is 5.47. The number of aromatic nitrogens is 3. The minimum absolute atomic E-state index is 0.00136. The Morgan fingerprint density at radius 2 is 2.05 bits per heavy atom. The van der Waals surface area contributed by atoms with Crippen molar-refractivity contribution in [3.63, 3.8) is 0 Å². The lowest BCUT2D eigenvalue weighted by Gasteiger charge is -2.17. The number of hydrogen-bond acceptors (Lipinski definition) is 13. The molecule has 0 aliphatic heterocycles. The van der Waals surface area contributed by atoms with E-state index in [9.17, 15) is 20.0 Å². The van der Waals surface area contributed by atoms with Gasteiger partial charge in [-0.1, -0.05) is 5.16 Å². The molecule has 12 nitrogen and oxygen atoms in total. The molecule has 2 aromatic heterocycles. The molecule has 0 amide bonds. The molecule has 0 saturated heterocycles. The summed E-state index contributed by atoms with van der Waals surface area (Å²) in [7, 11) is 2.70. The van der Waals surface area contributed by atoms with Crippen molar-refractivity contribution in [3.8, 4) is 22.8 Å². The zero-order valence-electron chi connectivity index (χ0n) is 20.8. The lowest BCUT2D eigenvalue weighted by Crippen LogP contribution is -2.14. The molecule has 4 rings (SSSR count). The van der Waals surface area contributed by atoms with Gasteiger partial charge in [0.2, 0.25) is 5.89 Å². The number of carbonyl (C=O) groups excluding carboxylic acids is 1. The minimum atomic E-state index is -0.615. The Bertz CT molecular complexity index is 1490. The molecular formula is C24H22BrN5O7S2.